The molecule has 1 aromatic heterocycles. The maximum absolute atomic E-state index is 10.8. The monoisotopic (exact) mass is 250 g/mol. The van der Waals surface area contributed by atoms with Crippen molar-refractivity contribution in [1.29, 1.82) is 0 Å². The summed E-state index contributed by atoms with van der Waals surface area (Å²) in [5, 5.41) is 19.9. The Balaban J connectivity index is 2.26. The van der Waals surface area contributed by atoms with Gasteiger partial charge in [-0.3, -0.25) is 4.79 Å². The van der Waals surface area contributed by atoms with Gasteiger partial charge in [-0.05, 0) is 29.5 Å². The van der Waals surface area contributed by atoms with E-state index in [1.165, 1.54) is 4.68 Å². The minimum Gasteiger partial charge on any atom is -0.480 e. The minimum atomic E-state index is -0.891. The molecule has 17 heavy (non-hydrogen) atoms. The van der Waals surface area contributed by atoms with E-state index in [1.807, 2.05) is 30.3 Å². The van der Waals surface area contributed by atoms with Gasteiger partial charge in [0.05, 0.1) is 5.69 Å². The van der Waals surface area contributed by atoms with Crippen LogP contribution in [0.3, 0.4) is 0 Å². The van der Waals surface area contributed by atoms with E-state index in [1.54, 1.807) is 6.92 Å². The maximum atomic E-state index is 10.8. The molecule has 2 aromatic rings. The van der Waals surface area contributed by atoms with Crippen LogP contribution in [0.25, 0.3) is 5.69 Å². The molecular formula is C10H10N4O2S. The maximum Gasteiger partial charge on any atom is 0.316 e. The minimum absolute atomic E-state index is 0.464. The van der Waals surface area contributed by atoms with E-state index < -0.39 is 11.2 Å². The Hall–Kier alpha value is -1.89. The predicted octanol–water partition coefficient (Wildman–Crippen LogP) is 1.23. The molecule has 0 radical (unpaired) electrons. The van der Waals surface area contributed by atoms with Gasteiger partial charge in [0.15, 0.2) is 0 Å². The molecule has 0 spiro atoms. The van der Waals surface area contributed by atoms with Gasteiger partial charge in [0.1, 0.15) is 5.25 Å². The second-order valence-electron chi connectivity index (χ2n) is 3.31. The Morgan fingerprint density at radius 2 is 2.12 bits per heavy atom. The number of thioether (sulfide) groups is 1. The molecule has 1 aromatic carbocycles. The number of para-hydroxylation sites is 1. The number of rotatable bonds is 4. The number of aliphatic carboxylic acids is 1. The summed E-state index contributed by atoms with van der Waals surface area (Å²) >= 11 is 1.11. The van der Waals surface area contributed by atoms with Crippen molar-refractivity contribution in [3.63, 3.8) is 0 Å². The van der Waals surface area contributed by atoms with Crippen LogP contribution < -0.4 is 0 Å². The second kappa shape index (κ2) is 4.96. The molecule has 1 atom stereocenters. The molecular weight excluding hydrogens is 240 g/mol. The van der Waals surface area contributed by atoms with Crippen LogP contribution in [0.5, 0.6) is 0 Å². The van der Waals surface area contributed by atoms with Crippen LogP contribution in [0.4, 0.5) is 0 Å². The normalized spacial score (nSPS) is 12.3. The third-order valence-electron chi connectivity index (χ3n) is 2.07. The van der Waals surface area contributed by atoms with E-state index in [9.17, 15) is 4.79 Å². The summed E-state index contributed by atoms with van der Waals surface area (Å²) in [4.78, 5) is 10.8. The largest absolute Gasteiger partial charge is 0.480 e. The summed E-state index contributed by atoms with van der Waals surface area (Å²) < 4.78 is 1.52. The van der Waals surface area contributed by atoms with E-state index >= 15 is 0 Å². The molecule has 0 unspecified atom stereocenters. The van der Waals surface area contributed by atoms with Crippen LogP contribution >= 0.6 is 11.8 Å². The SMILES string of the molecule is C[C@H](Sc1nnnn1-c1ccccc1)C(=O)O. The number of carboxylic acid groups (broad SMARTS) is 1. The number of aromatic nitrogens is 4. The van der Waals surface area contributed by atoms with Crippen molar-refractivity contribution < 1.29 is 9.90 Å². The number of tetrazole rings is 1. The highest BCUT2D eigenvalue weighted by atomic mass is 32.2. The summed E-state index contributed by atoms with van der Waals surface area (Å²) in [6, 6.07) is 9.33. The van der Waals surface area contributed by atoms with Crippen molar-refractivity contribution in [3.05, 3.63) is 30.3 Å². The zero-order valence-electron chi connectivity index (χ0n) is 9.02. The van der Waals surface area contributed by atoms with Gasteiger partial charge in [-0.25, -0.2) is 0 Å². The zero-order chi connectivity index (χ0) is 12.3. The lowest BCUT2D eigenvalue weighted by Crippen LogP contribution is -2.12. The molecule has 6 nitrogen and oxygen atoms in total. The number of benzene rings is 1. The Bertz CT molecular complexity index is 514. The van der Waals surface area contributed by atoms with Gasteiger partial charge >= 0.3 is 5.97 Å². The van der Waals surface area contributed by atoms with Gasteiger partial charge in [0.2, 0.25) is 5.16 Å². The van der Waals surface area contributed by atoms with Crippen molar-refractivity contribution in [2.75, 3.05) is 0 Å². The molecule has 2 rings (SSSR count). The van der Waals surface area contributed by atoms with E-state index in [-0.39, 0.29) is 0 Å². The number of carboxylic acids is 1. The molecule has 0 aliphatic heterocycles. The van der Waals surface area contributed by atoms with Crippen LogP contribution in [0.1, 0.15) is 6.92 Å². The second-order valence-corrected chi connectivity index (χ2v) is 4.62. The van der Waals surface area contributed by atoms with Gasteiger partial charge in [-0.1, -0.05) is 30.0 Å². The fraction of sp³-hybridized carbons (Fsp3) is 0.200. The van der Waals surface area contributed by atoms with Gasteiger partial charge in [-0.2, -0.15) is 4.68 Å². The molecule has 0 saturated heterocycles. The smallest absolute Gasteiger partial charge is 0.316 e. The standard InChI is InChI=1S/C10H10N4O2S/c1-7(9(15)16)17-10-11-12-13-14(10)8-5-3-2-4-6-8/h2-7H,1H3,(H,15,16)/t7-/m0/s1. The first-order valence-electron chi connectivity index (χ1n) is 4.92. The first kappa shape index (κ1) is 11.6. The van der Waals surface area contributed by atoms with E-state index in [4.69, 9.17) is 5.11 Å². The molecule has 0 aliphatic carbocycles. The van der Waals surface area contributed by atoms with Crippen LogP contribution in [-0.4, -0.2) is 36.5 Å². The Morgan fingerprint density at radius 1 is 1.41 bits per heavy atom. The van der Waals surface area contributed by atoms with Gasteiger partial charge in [0.25, 0.3) is 0 Å². The fourth-order valence-electron chi connectivity index (χ4n) is 1.19. The molecule has 1 N–H and O–H groups in total. The molecule has 0 amide bonds. The topological polar surface area (TPSA) is 80.9 Å². The third-order valence-corrected chi connectivity index (χ3v) is 3.09. The summed E-state index contributed by atoms with van der Waals surface area (Å²) in [5.41, 5.74) is 0.803. The molecule has 7 heteroatoms. The van der Waals surface area contributed by atoms with E-state index in [2.05, 4.69) is 15.5 Å². The van der Waals surface area contributed by atoms with Crippen molar-refractivity contribution in [3.8, 4) is 5.69 Å². The van der Waals surface area contributed by atoms with Crippen LogP contribution in [0.2, 0.25) is 0 Å². The number of nitrogens with zero attached hydrogens (tertiary/aromatic N) is 4. The van der Waals surface area contributed by atoms with Crippen LogP contribution in [0, 0.1) is 0 Å². The Labute approximate surface area is 102 Å². The summed E-state index contributed by atoms with van der Waals surface area (Å²) in [6.07, 6.45) is 0. The third kappa shape index (κ3) is 2.62. The van der Waals surface area contributed by atoms with Crippen molar-refractivity contribution in [2.45, 2.75) is 17.3 Å². The van der Waals surface area contributed by atoms with Gasteiger partial charge in [0, 0.05) is 0 Å². The lowest BCUT2D eigenvalue weighted by molar-refractivity contribution is -0.136. The molecule has 88 valence electrons. The summed E-state index contributed by atoms with van der Waals surface area (Å²) in [5.74, 6) is -0.891. The number of carbonyl (C=O) groups is 1. The highest BCUT2D eigenvalue weighted by molar-refractivity contribution is 8.00. The van der Waals surface area contributed by atoms with E-state index in [0.29, 0.717) is 5.16 Å². The van der Waals surface area contributed by atoms with Crippen molar-refractivity contribution in [2.24, 2.45) is 0 Å². The summed E-state index contributed by atoms with van der Waals surface area (Å²) in [6.45, 7) is 1.59. The van der Waals surface area contributed by atoms with Crippen LogP contribution in [-0.2, 0) is 4.79 Å². The number of hydrogen-bond donors (Lipinski definition) is 1. The first-order chi connectivity index (χ1) is 8.18. The zero-order valence-corrected chi connectivity index (χ0v) is 9.83. The average molecular weight is 250 g/mol. The molecule has 0 bridgehead atoms. The highest BCUT2D eigenvalue weighted by Gasteiger charge is 2.17. The molecule has 1 heterocycles. The molecule has 0 aliphatic rings. The van der Waals surface area contributed by atoms with E-state index in [0.717, 1.165) is 17.4 Å². The Morgan fingerprint density at radius 3 is 2.76 bits per heavy atom. The van der Waals surface area contributed by atoms with Crippen molar-refractivity contribution in [1.82, 2.24) is 20.2 Å². The summed E-state index contributed by atoms with van der Waals surface area (Å²) in [7, 11) is 0. The molecule has 0 saturated carbocycles. The quantitative estimate of drug-likeness (QED) is 0.822. The first-order valence-corrected chi connectivity index (χ1v) is 5.79. The van der Waals surface area contributed by atoms with Gasteiger partial charge < -0.3 is 5.11 Å². The Kier molecular flexibility index (Phi) is 3.38. The van der Waals surface area contributed by atoms with Crippen LogP contribution in [0.15, 0.2) is 35.5 Å². The number of hydrogen-bond acceptors (Lipinski definition) is 5. The lowest BCUT2D eigenvalue weighted by Gasteiger charge is -2.06. The van der Waals surface area contributed by atoms with Crippen molar-refractivity contribution >= 4 is 17.7 Å². The fourth-order valence-corrected chi connectivity index (χ4v) is 1.93. The average Bonchev–Trinajstić information content (AvgIpc) is 2.78. The highest BCUT2D eigenvalue weighted by Crippen LogP contribution is 2.22. The lowest BCUT2D eigenvalue weighted by atomic mass is 10.3. The predicted molar refractivity (Wildman–Crippen MR) is 62.1 cm³/mol. The van der Waals surface area contributed by atoms with Gasteiger partial charge in [-0.15, -0.1) is 5.10 Å². The molecule has 0 fully saturated rings.